The minimum atomic E-state index is 0. The summed E-state index contributed by atoms with van der Waals surface area (Å²) in [6, 6.07) is 0. The van der Waals surface area contributed by atoms with Gasteiger partial charge in [-0.05, 0) is 38.5 Å². The van der Waals surface area contributed by atoms with Crippen LogP contribution >= 0.6 is 24.0 Å². The molecule has 0 bridgehead atoms. The SMILES string of the molecule is CCNC(=NCC(=O)N1CCCC1)NCCCC(C)C.I. The Morgan fingerprint density at radius 3 is 2.48 bits per heavy atom. The van der Waals surface area contributed by atoms with Crippen LogP contribution in [0.2, 0.25) is 0 Å². The predicted octanol–water partition coefficient (Wildman–Crippen LogP) is 2.22. The van der Waals surface area contributed by atoms with E-state index >= 15 is 0 Å². The second-order valence-electron chi connectivity index (χ2n) is 5.75. The average Bonchev–Trinajstić information content (AvgIpc) is 2.94. The highest BCUT2D eigenvalue weighted by molar-refractivity contribution is 14.0. The Morgan fingerprint density at radius 1 is 1.24 bits per heavy atom. The summed E-state index contributed by atoms with van der Waals surface area (Å²) < 4.78 is 0. The zero-order chi connectivity index (χ0) is 14.8. The van der Waals surface area contributed by atoms with Gasteiger partial charge in [0.05, 0.1) is 0 Å². The normalized spacial score (nSPS) is 15.0. The van der Waals surface area contributed by atoms with Gasteiger partial charge in [0.25, 0.3) is 0 Å². The van der Waals surface area contributed by atoms with E-state index in [-0.39, 0.29) is 36.4 Å². The summed E-state index contributed by atoms with van der Waals surface area (Å²) >= 11 is 0. The van der Waals surface area contributed by atoms with Gasteiger partial charge in [-0.1, -0.05) is 13.8 Å². The van der Waals surface area contributed by atoms with Crippen molar-refractivity contribution in [2.75, 3.05) is 32.7 Å². The number of guanidine groups is 1. The van der Waals surface area contributed by atoms with Crippen molar-refractivity contribution < 1.29 is 4.79 Å². The zero-order valence-corrected chi connectivity index (χ0v) is 16.0. The molecule has 1 aliphatic heterocycles. The summed E-state index contributed by atoms with van der Waals surface area (Å²) in [5, 5.41) is 6.47. The monoisotopic (exact) mass is 410 g/mol. The fraction of sp³-hybridized carbons (Fsp3) is 0.867. The molecule has 2 N–H and O–H groups in total. The number of aliphatic imine (C=N–C) groups is 1. The van der Waals surface area contributed by atoms with Crippen molar-refractivity contribution >= 4 is 35.8 Å². The maximum Gasteiger partial charge on any atom is 0.244 e. The van der Waals surface area contributed by atoms with Crippen molar-refractivity contribution in [1.82, 2.24) is 15.5 Å². The van der Waals surface area contributed by atoms with Crippen LogP contribution in [0.5, 0.6) is 0 Å². The molecule has 0 aromatic rings. The molecule has 0 saturated carbocycles. The Hall–Kier alpha value is -0.530. The van der Waals surface area contributed by atoms with Gasteiger partial charge in [0, 0.05) is 26.2 Å². The Balaban J connectivity index is 0.00000400. The molecule has 5 nitrogen and oxygen atoms in total. The van der Waals surface area contributed by atoms with Gasteiger partial charge >= 0.3 is 0 Å². The van der Waals surface area contributed by atoms with E-state index in [0.717, 1.165) is 57.3 Å². The summed E-state index contributed by atoms with van der Waals surface area (Å²) in [5.74, 6) is 1.62. The number of rotatable bonds is 7. The lowest BCUT2D eigenvalue weighted by Crippen LogP contribution is -2.39. The molecule has 0 atom stereocenters. The van der Waals surface area contributed by atoms with E-state index < -0.39 is 0 Å². The molecule has 0 aromatic carbocycles. The molecule has 0 spiro atoms. The average molecular weight is 410 g/mol. The van der Waals surface area contributed by atoms with Gasteiger partial charge in [-0.15, -0.1) is 24.0 Å². The first-order chi connectivity index (χ1) is 9.63. The molecule has 1 saturated heterocycles. The second-order valence-corrected chi connectivity index (χ2v) is 5.75. The maximum atomic E-state index is 11.9. The highest BCUT2D eigenvalue weighted by Gasteiger charge is 2.17. The molecular formula is C15H31IN4O. The van der Waals surface area contributed by atoms with Gasteiger partial charge in [0.15, 0.2) is 5.96 Å². The molecule has 1 amide bonds. The zero-order valence-electron chi connectivity index (χ0n) is 13.7. The van der Waals surface area contributed by atoms with Crippen LogP contribution in [0, 0.1) is 5.92 Å². The van der Waals surface area contributed by atoms with Crippen molar-refractivity contribution in [3.05, 3.63) is 0 Å². The molecule has 1 aliphatic rings. The molecule has 21 heavy (non-hydrogen) atoms. The summed E-state index contributed by atoms with van der Waals surface area (Å²) in [5.41, 5.74) is 0. The summed E-state index contributed by atoms with van der Waals surface area (Å²) in [6.07, 6.45) is 4.59. The number of carbonyl (C=O) groups is 1. The van der Waals surface area contributed by atoms with E-state index in [9.17, 15) is 4.79 Å². The lowest BCUT2D eigenvalue weighted by molar-refractivity contribution is -0.128. The summed E-state index contributed by atoms with van der Waals surface area (Å²) in [6.45, 7) is 10.3. The first-order valence-electron chi connectivity index (χ1n) is 7.93. The van der Waals surface area contributed by atoms with Crippen molar-refractivity contribution in [2.24, 2.45) is 10.9 Å². The Labute approximate surface area is 146 Å². The van der Waals surface area contributed by atoms with Crippen LogP contribution in [0.25, 0.3) is 0 Å². The lowest BCUT2D eigenvalue weighted by Gasteiger charge is -2.15. The molecule has 0 aliphatic carbocycles. The third kappa shape index (κ3) is 9.16. The molecule has 6 heteroatoms. The number of halogens is 1. The lowest BCUT2D eigenvalue weighted by atomic mass is 10.1. The maximum absolute atomic E-state index is 11.9. The highest BCUT2D eigenvalue weighted by atomic mass is 127. The molecule has 1 fully saturated rings. The molecule has 0 unspecified atom stereocenters. The Kier molecular flexibility index (Phi) is 11.8. The smallest absolute Gasteiger partial charge is 0.244 e. The molecule has 0 radical (unpaired) electrons. The summed E-state index contributed by atoms with van der Waals surface area (Å²) in [7, 11) is 0. The first-order valence-corrected chi connectivity index (χ1v) is 7.93. The largest absolute Gasteiger partial charge is 0.357 e. The predicted molar refractivity (Wildman–Crippen MR) is 99.3 cm³/mol. The first kappa shape index (κ1) is 20.5. The van der Waals surface area contributed by atoms with Crippen molar-refractivity contribution in [3.8, 4) is 0 Å². The number of likely N-dealkylation sites (tertiary alicyclic amines) is 1. The number of nitrogens with one attached hydrogen (secondary N) is 2. The van der Waals surface area contributed by atoms with Crippen LogP contribution in [0.15, 0.2) is 4.99 Å². The van der Waals surface area contributed by atoms with E-state index in [1.807, 2.05) is 11.8 Å². The van der Waals surface area contributed by atoms with Crippen LogP contribution in [-0.2, 0) is 4.79 Å². The van der Waals surface area contributed by atoms with Gasteiger partial charge in [-0.3, -0.25) is 4.79 Å². The minimum absolute atomic E-state index is 0. The molecule has 1 heterocycles. The molecular weight excluding hydrogens is 379 g/mol. The van der Waals surface area contributed by atoms with Gasteiger partial charge < -0.3 is 15.5 Å². The van der Waals surface area contributed by atoms with E-state index in [4.69, 9.17) is 0 Å². The summed E-state index contributed by atoms with van der Waals surface area (Å²) in [4.78, 5) is 18.2. The van der Waals surface area contributed by atoms with Gasteiger partial charge in [-0.2, -0.15) is 0 Å². The number of amides is 1. The van der Waals surface area contributed by atoms with Crippen molar-refractivity contribution in [3.63, 3.8) is 0 Å². The molecule has 0 aromatic heterocycles. The van der Waals surface area contributed by atoms with E-state index in [1.54, 1.807) is 0 Å². The van der Waals surface area contributed by atoms with Crippen LogP contribution in [-0.4, -0.2) is 49.5 Å². The standard InChI is InChI=1S/C15H30N4O.HI/c1-4-16-15(17-9-7-8-13(2)3)18-12-14(20)19-10-5-6-11-19;/h13H,4-12H2,1-3H3,(H2,16,17,18);1H. The number of hydrogen-bond acceptors (Lipinski definition) is 2. The van der Waals surface area contributed by atoms with Crippen LogP contribution in [0.4, 0.5) is 0 Å². The van der Waals surface area contributed by atoms with E-state index in [1.165, 1.54) is 6.42 Å². The van der Waals surface area contributed by atoms with Crippen molar-refractivity contribution in [1.29, 1.82) is 0 Å². The van der Waals surface area contributed by atoms with Crippen LogP contribution in [0.3, 0.4) is 0 Å². The number of nitrogens with zero attached hydrogens (tertiary/aromatic N) is 2. The van der Waals surface area contributed by atoms with Gasteiger partial charge in [0.1, 0.15) is 6.54 Å². The number of carbonyl (C=O) groups excluding carboxylic acids is 1. The molecule has 124 valence electrons. The second kappa shape index (κ2) is 12.1. The Bertz CT molecular complexity index is 315. The molecule has 1 rings (SSSR count). The van der Waals surface area contributed by atoms with E-state index in [0.29, 0.717) is 0 Å². The third-order valence-electron chi connectivity index (χ3n) is 3.43. The number of hydrogen-bond donors (Lipinski definition) is 2. The fourth-order valence-corrected chi connectivity index (χ4v) is 2.27. The van der Waals surface area contributed by atoms with Gasteiger partial charge in [0.2, 0.25) is 5.91 Å². The topological polar surface area (TPSA) is 56.7 Å². The fourth-order valence-electron chi connectivity index (χ4n) is 2.27. The van der Waals surface area contributed by atoms with Crippen LogP contribution in [0.1, 0.15) is 46.5 Å². The third-order valence-corrected chi connectivity index (χ3v) is 3.43. The highest BCUT2D eigenvalue weighted by Crippen LogP contribution is 2.07. The minimum Gasteiger partial charge on any atom is -0.357 e. The van der Waals surface area contributed by atoms with Crippen LogP contribution < -0.4 is 10.6 Å². The van der Waals surface area contributed by atoms with Crippen molar-refractivity contribution in [2.45, 2.75) is 46.5 Å². The van der Waals surface area contributed by atoms with E-state index in [2.05, 4.69) is 29.5 Å². The van der Waals surface area contributed by atoms with Gasteiger partial charge in [-0.25, -0.2) is 4.99 Å². The quantitative estimate of drug-likeness (QED) is 0.293. The Morgan fingerprint density at radius 2 is 1.90 bits per heavy atom.